The first-order chi connectivity index (χ1) is 14.7. The van der Waals surface area contributed by atoms with Crippen molar-refractivity contribution in [2.75, 3.05) is 18.0 Å². The molecule has 2 saturated heterocycles. The zero-order valence-corrected chi connectivity index (χ0v) is 19.9. The Morgan fingerprint density at radius 3 is 2.38 bits per heavy atom. The van der Waals surface area contributed by atoms with E-state index in [9.17, 15) is 0 Å². The van der Waals surface area contributed by atoms with E-state index >= 15 is 0 Å². The maximum atomic E-state index is 6.49. The van der Waals surface area contributed by atoms with Gasteiger partial charge in [-0.2, -0.15) is 10.2 Å². The van der Waals surface area contributed by atoms with Crippen molar-refractivity contribution in [1.82, 2.24) is 29.7 Å². The van der Waals surface area contributed by atoms with Crippen molar-refractivity contribution in [3.05, 3.63) is 54.2 Å². The lowest BCUT2D eigenvalue weighted by Crippen LogP contribution is -2.52. The van der Waals surface area contributed by atoms with Crippen molar-refractivity contribution in [1.29, 1.82) is 0 Å². The van der Waals surface area contributed by atoms with E-state index in [0.717, 1.165) is 46.7 Å². The highest BCUT2D eigenvalue weighted by Gasteiger charge is 2.37. The largest absolute Gasteiger partial charge is 0.348 e. The lowest BCUT2D eigenvalue weighted by Gasteiger charge is -2.36. The number of halogens is 3. The van der Waals surface area contributed by atoms with Crippen LogP contribution < -0.4 is 10.2 Å². The quantitative estimate of drug-likeness (QED) is 0.464. The SMILES string of the molecule is Cl.Cl.Cn1cc(-c2cc(-c3ccc(N4C5CCC4CNC5)nc3)c3c(Cl)cnn3c2)cn1. The fraction of sp³-hybridized carbons (Fsp3) is 0.318. The van der Waals surface area contributed by atoms with E-state index in [1.165, 1.54) is 12.8 Å². The van der Waals surface area contributed by atoms with Gasteiger partial charge >= 0.3 is 0 Å². The van der Waals surface area contributed by atoms with E-state index in [-0.39, 0.29) is 24.8 Å². The van der Waals surface area contributed by atoms with Crippen LogP contribution in [0.5, 0.6) is 0 Å². The van der Waals surface area contributed by atoms with Gasteiger partial charge in [-0.15, -0.1) is 24.8 Å². The molecule has 2 unspecified atom stereocenters. The number of fused-ring (bicyclic) bond motifs is 3. The molecule has 0 spiro atoms. The highest BCUT2D eigenvalue weighted by atomic mass is 35.5. The molecule has 32 heavy (non-hydrogen) atoms. The fourth-order valence-corrected chi connectivity index (χ4v) is 5.11. The van der Waals surface area contributed by atoms with Gasteiger partial charge in [0.25, 0.3) is 0 Å². The molecule has 0 aliphatic carbocycles. The maximum absolute atomic E-state index is 6.49. The van der Waals surface area contributed by atoms with E-state index in [1.54, 1.807) is 10.9 Å². The summed E-state index contributed by atoms with van der Waals surface area (Å²) in [6, 6.07) is 7.53. The molecule has 0 saturated carbocycles. The smallest absolute Gasteiger partial charge is 0.129 e. The number of aryl methyl sites for hydroxylation is 1. The second-order valence-electron chi connectivity index (χ2n) is 8.19. The third-order valence-corrected chi connectivity index (χ3v) is 6.59. The van der Waals surface area contributed by atoms with Crippen molar-refractivity contribution in [3.63, 3.8) is 0 Å². The minimum absolute atomic E-state index is 0. The molecule has 0 aromatic carbocycles. The van der Waals surface area contributed by atoms with E-state index in [4.69, 9.17) is 16.6 Å². The van der Waals surface area contributed by atoms with Crippen LogP contribution >= 0.6 is 36.4 Å². The minimum atomic E-state index is 0. The zero-order chi connectivity index (χ0) is 20.2. The Labute approximate surface area is 203 Å². The molecule has 6 heterocycles. The van der Waals surface area contributed by atoms with Gasteiger partial charge < -0.3 is 10.2 Å². The summed E-state index contributed by atoms with van der Waals surface area (Å²) in [4.78, 5) is 7.35. The number of hydrogen-bond donors (Lipinski definition) is 1. The molecule has 2 atom stereocenters. The standard InChI is InChI=1S/C22H22ClN7.2ClH/c1-28-12-16(8-26-28)15-6-19(22-20(23)11-27-29(22)13-15)14-2-5-21(25-7-14)30-17-3-4-18(30)10-24-9-17;;/h2,5-8,11-13,17-18,24H,3-4,9-10H2,1H3;2*1H. The first kappa shape index (κ1) is 22.9. The number of piperazine rings is 1. The Hall–Kier alpha value is -2.32. The van der Waals surface area contributed by atoms with Crippen LogP contribution in [0.25, 0.3) is 27.8 Å². The molecule has 0 radical (unpaired) electrons. The van der Waals surface area contributed by atoms with E-state index in [2.05, 4.69) is 38.6 Å². The molecule has 4 aromatic heterocycles. The molecule has 2 fully saturated rings. The Morgan fingerprint density at radius 1 is 0.938 bits per heavy atom. The maximum Gasteiger partial charge on any atom is 0.129 e. The number of hydrogen-bond acceptors (Lipinski definition) is 5. The number of anilines is 1. The van der Waals surface area contributed by atoms with Crippen molar-refractivity contribution in [2.24, 2.45) is 7.05 Å². The molecule has 0 amide bonds. The van der Waals surface area contributed by atoms with Gasteiger partial charge in [0.2, 0.25) is 0 Å². The van der Waals surface area contributed by atoms with Crippen LogP contribution in [0.15, 0.2) is 49.2 Å². The van der Waals surface area contributed by atoms with Crippen LogP contribution in [0.3, 0.4) is 0 Å². The van der Waals surface area contributed by atoms with Gasteiger partial charge in [-0.25, -0.2) is 9.50 Å². The van der Waals surface area contributed by atoms with Gasteiger partial charge in [0.15, 0.2) is 0 Å². The summed E-state index contributed by atoms with van der Waals surface area (Å²) in [7, 11) is 1.92. The molecule has 1 N–H and O–H groups in total. The van der Waals surface area contributed by atoms with Gasteiger partial charge in [-0.05, 0) is 31.0 Å². The average molecular weight is 493 g/mol. The second-order valence-corrected chi connectivity index (χ2v) is 8.59. The third kappa shape index (κ3) is 3.73. The molecule has 7 nitrogen and oxygen atoms in total. The Bertz CT molecular complexity index is 1220. The lowest BCUT2D eigenvalue weighted by molar-refractivity contribution is 0.481. The molecular weight excluding hydrogens is 469 g/mol. The normalized spacial score (nSPS) is 19.6. The van der Waals surface area contributed by atoms with Gasteiger partial charge in [-0.1, -0.05) is 11.6 Å². The number of pyridine rings is 2. The summed E-state index contributed by atoms with van der Waals surface area (Å²) in [5, 5.41) is 12.9. The Morgan fingerprint density at radius 2 is 1.72 bits per heavy atom. The van der Waals surface area contributed by atoms with Gasteiger partial charge in [0, 0.05) is 73.1 Å². The summed E-state index contributed by atoms with van der Waals surface area (Å²) in [5.41, 5.74) is 5.01. The van der Waals surface area contributed by atoms with Crippen LogP contribution in [0, 0.1) is 0 Å². The zero-order valence-electron chi connectivity index (χ0n) is 17.5. The van der Waals surface area contributed by atoms with Crippen LogP contribution in [0.2, 0.25) is 5.02 Å². The number of rotatable bonds is 3. The van der Waals surface area contributed by atoms with Crippen molar-refractivity contribution < 1.29 is 0 Å². The van der Waals surface area contributed by atoms with Crippen molar-refractivity contribution in [2.45, 2.75) is 24.9 Å². The van der Waals surface area contributed by atoms with Crippen molar-refractivity contribution >= 4 is 47.7 Å². The second kappa shape index (κ2) is 8.90. The Kier molecular flexibility index (Phi) is 6.36. The predicted octanol–water partition coefficient (Wildman–Crippen LogP) is 4.23. The molecule has 4 aromatic rings. The molecule has 2 aliphatic heterocycles. The number of aromatic nitrogens is 5. The monoisotopic (exact) mass is 491 g/mol. The molecule has 10 heteroatoms. The van der Waals surface area contributed by atoms with Crippen molar-refractivity contribution in [3.8, 4) is 22.3 Å². The fourth-order valence-electron chi connectivity index (χ4n) is 4.88. The minimum Gasteiger partial charge on any atom is -0.348 e. The summed E-state index contributed by atoms with van der Waals surface area (Å²) in [5.74, 6) is 1.06. The number of nitrogens with zero attached hydrogens (tertiary/aromatic N) is 6. The summed E-state index contributed by atoms with van der Waals surface area (Å²) < 4.78 is 3.64. The van der Waals surface area contributed by atoms with Crippen LogP contribution in [-0.2, 0) is 7.05 Å². The lowest BCUT2D eigenvalue weighted by atomic mass is 10.0. The molecular formula is C22H24Cl3N7. The third-order valence-electron chi connectivity index (χ3n) is 6.31. The first-order valence-electron chi connectivity index (χ1n) is 10.3. The topological polar surface area (TPSA) is 63.3 Å². The predicted molar refractivity (Wildman–Crippen MR) is 132 cm³/mol. The molecule has 2 aliphatic rings. The van der Waals surface area contributed by atoms with Crippen LogP contribution in [0.4, 0.5) is 5.82 Å². The summed E-state index contributed by atoms with van der Waals surface area (Å²) in [6.07, 6.45) is 12.0. The van der Waals surface area contributed by atoms with Crippen LogP contribution in [0.1, 0.15) is 12.8 Å². The number of nitrogens with one attached hydrogen (secondary N) is 1. The first-order valence-corrected chi connectivity index (χ1v) is 10.7. The highest BCUT2D eigenvalue weighted by Crippen LogP contribution is 2.35. The summed E-state index contributed by atoms with van der Waals surface area (Å²) >= 11 is 6.49. The summed E-state index contributed by atoms with van der Waals surface area (Å²) in [6.45, 7) is 2.08. The Balaban J connectivity index is 0.00000122. The van der Waals surface area contributed by atoms with Crippen LogP contribution in [-0.4, -0.2) is 49.6 Å². The van der Waals surface area contributed by atoms with E-state index < -0.39 is 0 Å². The van der Waals surface area contributed by atoms with Gasteiger partial charge in [0.05, 0.1) is 22.9 Å². The van der Waals surface area contributed by atoms with Gasteiger partial charge in [0.1, 0.15) is 5.82 Å². The molecule has 6 rings (SSSR count). The highest BCUT2D eigenvalue weighted by molar-refractivity contribution is 6.34. The molecule has 168 valence electrons. The van der Waals surface area contributed by atoms with E-state index in [0.29, 0.717) is 17.1 Å². The van der Waals surface area contributed by atoms with Gasteiger partial charge in [-0.3, -0.25) is 4.68 Å². The molecule has 2 bridgehead atoms. The van der Waals surface area contributed by atoms with E-state index in [1.807, 2.05) is 36.4 Å². The average Bonchev–Trinajstić information content (AvgIpc) is 3.43.